The van der Waals surface area contributed by atoms with Crippen molar-refractivity contribution in [3.8, 4) is 0 Å². The maximum Gasteiger partial charge on any atom is 0.259 e. The zero-order valence-corrected chi connectivity index (χ0v) is 18.8. The fourth-order valence-electron chi connectivity index (χ4n) is 3.55. The number of nitrogens with one attached hydrogen (secondary N) is 1. The van der Waals surface area contributed by atoms with E-state index in [0.29, 0.717) is 17.5 Å². The average Bonchev–Trinajstić information content (AvgIpc) is 3.14. The monoisotopic (exact) mass is 434 g/mol. The van der Waals surface area contributed by atoms with Gasteiger partial charge in [-0.2, -0.15) is 0 Å². The van der Waals surface area contributed by atoms with Gasteiger partial charge in [-0.05, 0) is 30.5 Å². The molecule has 1 N–H and O–H groups in total. The molecule has 2 aliphatic heterocycles. The lowest BCUT2D eigenvalue weighted by Crippen LogP contribution is -2.42. The Balaban J connectivity index is 1.48. The smallest absolute Gasteiger partial charge is 0.259 e. The molecule has 0 aliphatic carbocycles. The van der Waals surface area contributed by atoms with Crippen molar-refractivity contribution < 1.29 is 9.59 Å². The quantitative estimate of drug-likeness (QED) is 0.745. The molecule has 2 aromatic rings. The minimum atomic E-state index is -0.410. The molecule has 2 aliphatic rings. The highest BCUT2D eigenvalue weighted by atomic mass is 32.2. The molecule has 0 spiro atoms. The summed E-state index contributed by atoms with van der Waals surface area (Å²) in [5.41, 5.74) is 3.87. The van der Waals surface area contributed by atoms with Gasteiger partial charge in [0.15, 0.2) is 5.17 Å². The average molecular weight is 435 g/mol. The first-order chi connectivity index (χ1) is 15.0. The fourth-order valence-corrected chi connectivity index (χ4v) is 4.38. The van der Waals surface area contributed by atoms with E-state index in [1.54, 1.807) is 4.90 Å². The first-order valence-electron chi connectivity index (χ1n) is 10.5. The first-order valence-corrected chi connectivity index (χ1v) is 11.5. The van der Waals surface area contributed by atoms with Crippen LogP contribution in [0.15, 0.2) is 58.5 Å². The van der Waals surface area contributed by atoms with Crippen LogP contribution in [0.5, 0.6) is 0 Å². The second-order valence-electron chi connectivity index (χ2n) is 7.92. The Morgan fingerprint density at radius 1 is 1.19 bits per heavy atom. The molecule has 0 aromatic heterocycles. The van der Waals surface area contributed by atoms with Crippen LogP contribution in [0, 0.1) is 12.8 Å². The molecule has 0 bridgehead atoms. The molecule has 2 unspecified atom stereocenters. The number of hydrogen-bond donors (Lipinski definition) is 1. The highest BCUT2D eigenvalue weighted by molar-refractivity contribution is 8.14. The summed E-state index contributed by atoms with van der Waals surface area (Å²) < 4.78 is 0. The lowest BCUT2D eigenvalue weighted by atomic mass is 10.00. The van der Waals surface area contributed by atoms with Crippen LogP contribution >= 0.6 is 11.8 Å². The number of aryl methyl sites for hydroxylation is 1. The van der Waals surface area contributed by atoms with Crippen LogP contribution in [0.3, 0.4) is 0 Å². The first kappa shape index (κ1) is 21.3. The lowest BCUT2D eigenvalue weighted by Gasteiger charge is -2.25. The second-order valence-corrected chi connectivity index (χ2v) is 8.86. The van der Waals surface area contributed by atoms with Crippen LogP contribution in [0.4, 0.5) is 5.69 Å². The highest BCUT2D eigenvalue weighted by Gasteiger charge is 2.43. The predicted octanol–water partition coefficient (Wildman–Crippen LogP) is 4.05. The van der Waals surface area contributed by atoms with Crippen LogP contribution < -0.4 is 5.32 Å². The van der Waals surface area contributed by atoms with Gasteiger partial charge < -0.3 is 5.32 Å². The van der Waals surface area contributed by atoms with Gasteiger partial charge in [0, 0.05) is 12.1 Å². The summed E-state index contributed by atoms with van der Waals surface area (Å²) in [7, 11) is 0. The summed E-state index contributed by atoms with van der Waals surface area (Å²) in [5, 5.41) is 3.45. The Morgan fingerprint density at radius 3 is 2.68 bits per heavy atom. The summed E-state index contributed by atoms with van der Waals surface area (Å²) in [6, 6.07) is 15.3. The number of amides is 2. The summed E-state index contributed by atoms with van der Waals surface area (Å²) in [4.78, 5) is 36.6. The zero-order chi connectivity index (χ0) is 22.0. The van der Waals surface area contributed by atoms with Gasteiger partial charge in [0.1, 0.15) is 11.9 Å². The number of hydrogen-bond acceptors (Lipinski definition) is 5. The molecule has 0 radical (unpaired) electrons. The normalized spacial score (nSPS) is 18.1. The van der Waals surface area contributed by atoms with E-state index in [1.165, 1.54) is 17.3 Å². The molecule has 6 nitrogen and oxygen atoms in total. The minimum absolute atomic E-state index is 0.0647. The lowest BCUT2D eigenvalue weighted by molar-refractivity contribution is -0.125. The third kappa shape index (κ3) is 4.42. The highest BCUT2D eigenvalue weighted by Crippen LogP contribution is 2.35. The molecule has 2 aromatic carbocycles. The van der Waals surface area contributed by atoms with Crippen molar-refractivity contribution in [3.05, 3.63) is 65.2 Å². The van der Waals surface area contributed by atoms with Crippen molar-refractivity contribution in [2.75, 3.05) is 5.75 Å². The number of aliphatic imine (C=N–C) groups is 2. The van der Waals surface area contributed by atoms with Crippen LogP contribution in [0.1, 0.15) is 37.0 Å². The summed E-state index contributed by atoms with van der Waals surface area (Å²) in [6.07, 6.45) is 0.865. The van der Waals surface area contributed by atoms with E-state index in [4.69, 9.17) is 4.99 Å². The van der Waals surface area contributed by atoms with Gasteiger partial charge in [-0.25, -0.2) is 9.89 Å². The van der Waals surface area contributed by atoms with E-state index >= 15 is 0 Å². The third-order valence-corrected chi connectivity index (χ3v) is 6.56. The predicted molar refractivity (Wildman–Crippen MR) is 126 cm³/mol. The summed E-state index contributed by atoms with van der Waals surface area (Å²) >= 11 is 1.27. The fraction of sp³-hybridized carbons (Fsp3) is 0.333. The van der Waals surface area contributed by atoms with Crippen molar-refractivity contribution in [1.29, 1.82) is 0 Å². The molecule has 2 heterocycles. The van der Waals surface area contributed by atoms with E-state index < -0.39 is 6.04 Å². The summed E-state index contributed by atoms with van der Waals surface area (Å²) in [6.45, 7) is 6.61. The Hall–Kier alpha value is -2.93. The number of rotatable bonds is 6. The van der Waals surface area contributed by atoms with Crippen molar-refractivity contribution in [3.63, 3.8) is 0 Å². The number of carbonyl (C=O) groups is 2. The van der Waals surface area contributed by atoms with E-state index in [1.807, 2.05) is 62.4 Å². The molecule has 4 rings (SSSR count). The molecule has 160 valence electrons. The molecule has 31 heavy (non-hydrogen) atoms. The number of benzene rings is 2. The third-order valence-electron chi connectivity index (χ3n) is 5.62. The van der Waals surface area contributed by atoms with Crippen LogP contribution in [0.25, 0.3) is 0 Å². The summed E-state index contributed by atoms with van der Waals surface area (Å²) in [5.74, 6) is 0.795. The van der Waals surface area contributed by atoms with Gasteiger partial charge in [0.25, 0.3) is 5.91 Å². The SMILES string of the molecule is CCC(C)C1N=C2c3ccccc3N=C(SCC(=O)NCc3ccc(C)cc3)N2C1=O. The van der Waals surface area contributed by atoms with E-state index in [-0.39, 0.29) is 23.5 Å². The van der Waals surface area contributed by atoms with Gasteiger partial charge in [0.2, 0.25) is 5.91 Å². The van der Waals surface area contributed by atoms with Crippen LogP contribution in [-0.4, -0.2) is 39.5 Å². The number of para-hydroxylation sites is 1. The molecule has 2 atom stereocenters. The maximum absolute atomic E-state index is 13.2. The zero-order valence-electron chi connectivity index (χ0n) is 18.0. The van der Waals surface area contributed by atoms with Gasteiger partial charge >= 0.3 is 0 Å². The number of thioether (sulfide) groups is 1. The number of nitrogens with zero attached hydrogens (tertiary/aromatic N) is 3. The molecule has 0 fully saturated rings. The Bertz CT molecular complexity index is 1060. The maximum atomic E-state index is 13.2. The van der Waals surface area contributed by atoms with Crippen molar-refractivity contribution in [1.82, 2.24) is 10.2 Å². The van der Waals surface area contributed by atoms with E-state index in [0.717, 1.165) is 23.2 Å². The number of fused-ring (bicyclic) bond motifs is 3. The Morgan fingerprint density at radius 2 is 1.94 bits per heavy atom. The van der Waals surface area contributed by atoms with Crippen molar-refractivity contribution >= 4 is 40.3 Å². The van der Waals surface area contributed by atoms with Gasteiger partial charge in [0.05, 0.1) is 11.4 Å². The van der Waals surface area contributed by atoms with Crippen LogP contribution in [0.2, 0.25) is 0 Å². The molecule has 7 heteroatoms. The standard InChI is InChI=1S/C24H26N4O2S/c1-4-16(3)21-23(30)28-22(27-21)18-7-5-6-8-19(18)26-24(28)31-14-20(29)25-13-17-11-9-15(2)10-12-17/h5-12,16,21H,4,13-14H2,1-3H3,(H,25,29). The number of amidine groups is 2. The number of carbonyl (C=O) groups excluding carboxylic acids is 2. The molecule has 0 saturated carbocycles. The largest absolute Gasteiger partial charge is 0.351 e. The molecule has 0 saturated heterocycles. The van der Waals surface area contributed by atoms with Gasteiger partial charge in [-0.15, -0.1) is 0 Å². The molecular weight excluding hydrogens is 408 g/mol. The second kappa shape index (κ2) is 9.06. The van der Waals surface area contributed by atoms with Gasteiger partial charge in [-0.3, -0.25) is 14.6 Å². The van der Waals surface area contributed by atoms with Crippen molar-refractivity contribution in [2.45, 2.75) is 39.8 Å². The Kier molecular flexibility index (Phi) is 6.23. The van der Waals surface area contributed by atoms with E-state index in [2.05, 4.69) is 17.2 Å². The van der Waals surface area contributed by atoms with Crippen LogP contribution in [-0.2, 0) is 16.1 Å². The minimum Gasteiger partial charge on any atom is -0.351 e. The van der Waals surface area contributed by atoms with Crippen molar-refractivity contribution in [2.24, 2.45) is 15.9 Å². The Labute approximate surface area is 186 Å². The topological polar surface area (TPSA) is 74.1 Å². The van der Waals surface area contributed by atoms with E-state index in [9.17, 15) is 9.59 Å². The molecular formula is C24H26N4O2S. The van der Waals surface area contributed by atoms with Gasteiger partial charge in [-0.1, -0.05) is 74.0 Å². The molecule has 2 amide bonds.